The van der Waals surface area contributed by atoms with Gasteiger partial charge in [-0.2, -0.15) is 0 Å². The molecular formula is C27H36Cl2N4O6. The van der Waals surface area contributed by atoms with Gasteiger partial charge in [-0.3, -0.25) is 9.69 Å². The SMILES string of the molecule is CC(C)NC(=O)OCc1c(COC(=O)NC(C)C)c(-c2ccc(Cl)c(Cl)c2)n2c1CC(OC(=O)CN(C)C)C2. The summed E-state index contributed by atoms with van der Waals surface area (Å²) in [5, 5.41) is 6.17. The molecule has 2 heterocycles. The molecule has 1 aliphatic heterocycles. The first-order chi connectivity index (χ1) is 18.3. The van der Waals surface area contributed by atoms with Crippen LogP contribution < -0.4 is 10.6 Å². The zero-order chi connectivity index (χ0) is 28.9. The summed E-state index contributed by atoms with van der Waals surface area (Å²) in [6.45, 7) is 7.70. The molecule has 0 radical (unpaired) electrons. The number of fused-ring (bicyclic) bond motifs is 1. The first-order valence-corrected chi connectivity index (χ1v) is 13.5. The lowest BCUT2D eigenvalue weighted by Gasteiger charge is -2.17. The maximum atomic E-state index is 12.4. The molecular weight excluding hydrogens is 547 g/mol. The molecule has 2 aromatic rings. The van der Waals surface area contributed by atoms with Gasteiger partial charge in [0.2, 0.25) is 0 Å². The van der Waals surface area contributed by atoms with Crippen LogP contribution in [-0.2, 0) is 45.2 Å². The summed E-state index contributed by atoms with van der Waals surface area (Å²) in [5.74, 6) is -0.338. The number of hydrogen-bond acceptors (Lipinski definition) is 7. The summed E-state index contributed by atoms with van der Waals surface area (Å²) in [7, 11) is 3.59. The third-order valence-electron chi connectivity index (χ3n) is 5.85. The van der Waals surface area contributed by atoms with Crippen LogP contribution in [0.2, 0.25) is 10.0 Å². The molecule has 0 spiro atoms. The van der Waals surface area contributed by atoms with E-state index in [0.29, 0.717) is 34.1 Å². The quantitative estimate of drug-likeness (QED) is 0.307. The highest BCUT2D eigenvalue weighted by Crippen LogP contribution is 2.39. The molecule has 1 aromatic heterocycles. The molecule has 1 aromatic carbocycles. The summed E-state index contributed by atoms with van der Waals surface area (Å²) in [4.78, 5) is 38.9. The molecule has 0 fully saturated rings. The Labute approximate surface area is 238 Å². The van der Waals surface area contributed by atoms with Gasteiger partial charge in [0.15, 0.2) is 0 Å². The number of esters is 1. The van der Waals surface area contributed by atoms with Crippen LogP contribution in [-0.4, -0.2) is 66.5 Å². The molecule has 39 heavy (non-hydrogen) atoms. The monoisotopic (exact) mass is 582 g/mol. The normalized spacial score (nSPS) is 14.5. The van der Waals surface area contributed by atoms with E-state index >= 15 is 0 Å². The highest BCUT2D eigenvalue weighted by atomic mass is 35.5. The lowest BCUT2D eigenvalue weighted by Crippen LogP contribution is -2.31. The van der Waals surface area contributed by atoms with Crippen molar-refractivity contribution in [1.29, 1.82) is 0 Å². The van der Waals surface area contributed by atoms with Gasteiger partial charge in [-0.15, -0.1) is 0 Å². The third kappa shape index (κ3) is 8.27. The molecule has 2 amide bonds. The van der Waals surface area contributed by atoms with Gasteiger partial charge in [-0.1, -0.05) is 29.3 Å². The van der Waals surface area contributed by atoms with Crippen molar-refractivity contribution >= 4 is 41.4 Å². The number of ether oxygens (including phenoxy) is 3. The van der Waals surface area contributed by atoms with E-state index in [2.05, 4.69) is 10.6 Å². The second-order valence-electron chi connectivity index (χ2n) is 10.3. The van der Waals surface area contributed by atoms with Crippen molar-refractivity contribution in [2.24, 2.45) is 0 Å². The van der Waals surface area contributed by atoms with Gasteiger partial charge >= 0.3 is 18.2 Å². The average molecular weight is 584 g/mol. The summed E-state index contributed by atoms with van der Waals surface area (Å²) in [5.41, 5.74) is 3.61. The number of alkyl carbamates (subject to hydrolysis) is 2. The minimum absolute atomic E-state index is 0.0714. The maximum Gasteiger partial charge on any atom is 0.407 e. The summed E-state index contributed by atoms with van der Waals surface area (Å²) in [6, 6.07) is 5.02. The Morgan fingerprint density at radius 1 is 0.974 bits per heavy atom. The van der Waals surface area contributed by atoms with E-state index in [-0.39, 0.29) is 37.8 Å². The van der Waals surface area contributed by atoms with Crippen molar-refractivity contribution < 1.29 is 28.6 Å². The van der Waals surface area contributed by atoms with Crippen LogP contribution in [0.4, 0.5) is 9.59 Å². The topological polar surface area (TPSA) is 111 Å². The molecule has 1 aliphatic rings. The minimum Gasteiger partial charge on any atom is -0.459 e. The van der Waals surface area contributed by atoms with E-state index in [1.807, 2.05) is 38.3 Å². The fourth-order valence-corrected chi connectivity index (χ4v) is 4.68. The first kappa shape index (κ1) is 30.6. The van der Waals surface area contributed by atoms with Gasteiger partial charge in [-0.25, -0.2) is 9.59 Å². The fraction of sp³-hybridized carbons (Fsp3) is 0.519. The zero-order valence-corrected chi connectivity index (χ0v) is 24.6. The average Bonchev–Trinajstić information content (AvgIpc) is 3.32. The molecule has 1 unspecified atom stereocenters. The molecule has 3 rings (SSSR count). The number of nitrogens with one attached hydrogen (secondary N) is 2. The highest BCUT2D eigenvalue weighted by molar-refractivity contribution is 6.42. The van der Waals surface area contributed by atoms with Crippen molar-refractivity contribution in [2.45, 2.75) is 72.1 Å². The molecule has 0 aliphatic carbocycles. The number of amides is 2. The Morgan fingerprint density at radius 2 is 1.56 bits per heavy atom. The van der Waals surface area contributed by atoms with Crippen LogP contribution in [0.25, 0.3) is 11.3 Å². The van der Waals surface area contributed by atoms with Crippen LogP contribution in [0.15, 0.2) is 18.2 Å². The van der Waals surface area contributed by atoms with Crippen LogP contribution in [0.5, 0.6) is 0 Å². The van der Waals surface area contributed by atoms with E-state index in [1.54, 1.807) is 31.1 Å². The number of carbonyl (C=O) groups is 3. The zero-order valence-electron chi connectivity index (χ0n) is 23.1. The largest absolute Gasteiger partial charge is 0.459 e. The van der Waals surface area contributed by atoms with E-state index in [1.165, 1.54) is 0 Å². The van der Waals surface area contributed by atoms with Crippen LogP contribution in [0, 0.1) is 0 Å². The number of likely N-dealkylation sites (N-methyl/N-ethyl adjacent to an activating group) is 1. The highest BCUT2D eigenvalue weighted by Gasteiger charge is 2.34. The maximum absolute atomic E-state index is 12.4. The number of benzene rings is 1. The number of aromatic nitrogens is 1. The smallest absolute Gasteiger partial charge is 0.407 e. The van der Waals surface area contributed by atoms with Crippen molar-refractivity contribution in [1.82, 2.24) is 20.1 Å². The molecule has 1 atom stereocenters. The van der Waals surface area contributed by atoms with Crippen molar-refractivity contribution in [3.8, 4) is 11.3 Å². The summed E-state index contributed by atoms with van der Waals surface area (Å²) in [6.07, 6.45) is -1.17. The predicted molar refractivity (Wildman–Crippen MR) is 149 cm³/mol. The minimum atomic E-state index is -0.573. The van der Waals surface area contributed by atoms with Crippen LogP contribution >= 0.6 is 23.2 Å². The standard InChI is InChI=1S/C27H36Cl2N4O6/c1-15(2)30-26(35)37-13-19-20(14-38-27(36)31-16(3)4)25(17-7-8-21(28)22(29)9-17)33-11-18(10-23(19)33)39-24(34)12-32(5)6/h7-9,15-16,18H,10-14H2,1-6H3,(H,30,35)(H,31,36). The summed E-state index contributed by atoms with van der Waals surface area (Å²) >= 11 is 12.6. The van der Waals surface area contributed by atoms with Gasteiger partial charge < -0.3 is 29.4 Å². The third-order valence-corrected chi connectivity index (χ3v) is 6.59. The predicted octanol–water partition coefficient (Wildman–Crippen LogP) is 4.76. The number of carbonyl (C=O) groups excluding carboxylic acids is 3. The molecule has 0 saturated heterocycles. The Hall–Kier alpha value is -2.95. The van der Waals surface area contributed by atoms with Crippen molar-refractivity contribution in [3.05, 3.63) is 45.1 Å². The molecule has 10 nitrogen and oxygen atoms in total. The second-order valence-corrected chi connectivity index (χ2v) is 11.1. The van der Waals surface area contributed by atoms with Gasteiger partial charge in [0.25, 0.3) is 0 Å². The Kier molecular flexibility index (Phi) is 10.5. The fourth-order valence-electron chi connectivity index (χ4n) is 4.39. The Balaban J connectivity index is 2.04. The van der Waals surface area contributed by atoms with E-state index < -0.39 is 18.3 Å². The van der Waals surface area contributed by atoms with Crippen LogP contribution in [0.1, 0.15) is 44.5 Å². The van der Waals surface area contributed by atoms with E-state index in [0.717, 1.165) is 17.0 Å². The number of halogens is 2. The molecule has 2 N–H and O–H groups in total. The summed E-state index contributed by atoms with van der Waals surface area (Å²) < 4.78 is 18.9. The van der Waals surface area contributed by atoms with E-state index in [4.69, 9.17) is 37.4 Å². The van der Waals surface area contributed by atoms with Gasteiger partial charge in [-0.05, 0) is 53.9 Å². The van der Waals surface area contributed by atoms with Crippen molar-refractivity contribution in [2.75, 3.05) is 20.6 Å². The van der Waals surface area contributed by atoms with Gasteiger partial charge in [0.05, 0.1) is 28.8 Å². The lowest BCUT2D eigenvalue weighted by atomic mass is 10.0. The second kappa shape index (κ2) is 13.4. The number of hydrogen-bond donors (Lipinski definition) is 2. The number of rotatable bonds is 10. The van der Waals surface area contributed by atoms with Gasteiger partial charge in [0, 0.05) is 40.9 Å². The Morgan fingerprint density at radius 3 is 2.10 bits per heavy atom. The van der Waals surface area contributed by atoms with Gasteiger partial charge in [0.1, 0.15) is 19.3 Å². The molecule has 12 heteroatoms. The van der Waals surface area contributed by atoms with Crippen molar-refractivity contribution in [3.63, 3.8) is 0 Å². The van der Waals surface area contributed by atoms with E-state index in [9.17, 15) is 14.4 Å². The molecule has 0 saturated carbocycles. The number of nitrogens with zero attached hydrogens (tertiary/aromatic N) is 2. The molecule has 0 bridgehead atoms. The molecule has 214 valence electrons. The van der Waals surface area contributed by atoms with Crippen LogP contribution in [0.3, 0.4) is 0 Å². The Bertz CT molecular complexity index is 1210. The lowest BCUT2D eigenvalue weighted by molar-refractivity contribution is -0.149. The first-order valence-electron chi connectivity index (χ1n) is 12.7.